The fourth-order valence-electron chi connectivity index (χ4n) is 4.77. The molecule has 3 aliphatic rings. The zero-order valence-electron chi connectivity index (χ0n) is 14.8. The Morgan fingerprint density at radius 2 is 1.72 bits per heavy atom. The van der Waals surface area contributed by atoms with Gasteiger partial charge in [-0.15, -0.1) is 0 Å². The molecule has 1 saturated carbocycles. The maximum absolute atomic E-state index is 13.1. The molecule has 1 N–H and O–H groups in total. The average Bonchev–Trinajstić information content (AvgIpc) is 3.01. The van der Waals surface area contributed by atoms with Gasteiger partial charge in [0.15, 0.2) is 0 Å². The molecule has 0 spiro atoms. The van der Waals surface area contributed by atoms with Crippen LogP contribution in [0.3, 0.4) is 0 Å². The van der Waals surface area contributed by atoms with Gasteiger partial charge in [0.25, 0.3) is 0 Å². The molecule has 1 aliphatic carbocycles. The van der Waals surface area contributed by atoms with Gasteiger partial charge in [0, 0.05) is 25.0 Å². The molecule has 0 aromatic heterocycles. The first-order valence-electron chi connectivity index (χ1n) is 9.38. The number of piperidine rings is 1. The van der Waals surface area contributed by atoms with Gasteiger partial charge in [-0.05, 0) is 44.9 Å². The highest BCUT2D eigenvalue weighted by Crippen LogP contribution is 2.41. The van der Waals surface area contributed by atoms with E-state index in [1.54, 1.807) is 11.8 Å². The van der Waals surface area contributed by atoms with E-state index < -0.39 is 22.0 Å². The zero-order chi connectivity index (χ0) is 18.2. The predicted octanol–water partition coefficient (Wildman–Crippen LogP) is 1.29. The third-order valence-electron chi connectivity index (χ3n) is 6.19. The van der Waals surface area contributed by atoms with Gasteiger partial charge in [-0.25, -0.2) is 17.5 Å². The van der Waals surface area contributed by atoms with E-state index in [2.05, 4.69) is 0 Å². The molecule has 0 radical (unpaired) electrons. The van der Waals surface area contributed by atoms with Crippen LogP contribution in [-0.2, 0) is 19.6 Å². The van der Waals surface area contributed by atoms with Gasteiger partial charge < -0.3 is 10.0 Å². The molecular weight excluding hydrogens is 344 g/mol. The van der Waals surface area contributed by atoms with Crippen molar-refractivity contribution in [3.8, 4) is 0 Å². The normalized spacial score (nSPS) is 31.7. The van der Waals surface area contributed by atoms with Crippen LogP contribution in [-0.4, -0.2) is 65.5 Å². The molecule has 0 bridgehead atoms. The fraction of sp³-hybridized carbons (Fsp3) is 0.882. The Labute approximate surface area is 149 Å². The first-order chi connectivity index (χ1) is 11.8. The maximum Gasteiger partial charge on any atom is 0.326 e. The summed E-state index contributed by atoms with van der Waals surface area (Å²) >= 11 is 0. The number of likely N-dealkylation sites (tertiary alicyclic amines) is 1. The Kier molecular flexibility index (Phi) is 5.39. The Balaban J connectivity index is 1.70. The van der Waals surface area contributed by atoms with Crippen molar-refractivity contribution in [2.45, 2.75) is 64.0 Å². The van der Waals surface area contributed by atoms with E-state index in [0.29, 0.717) is 38.3 Å². The molecule has 0 aromatic rings. The number of amides is 1. The number of carboxylic acid groups (broad SMARTS) is 1. The standard InChI is InChI=1S/C17H28N2O5S/c1-2-25(23,24)18-9-7-12(8-10-18)16(20)19-14-6-4-3-5-13(14)11-15(19)17(21)22/h12-15H,2-11H2,1H3,(H,21,22). The highest BCUT2D eigenvalue weighted by atomic mass is 32.2. The summed E-state index contributed by atoms with van der Waals surface area (Å²) in [5, 5.41) is 9.58. The number of carbonyl (C=O) groups is 2. The van der Waals surface area contributed by atoms with E-state index >= 15 is 0 Å². The molecular formula is C17H28N2O5S. The maximum atomic E-state index is 13.1. The summed E-state index contributed by atoms with van der Waals surface area (Å²) < 4.78 is 25.4. The van der Waals surface area contributed by atoms with Crippen molar-refractivity contribution in [3.05, 3.63) is 0 Å². The molecule has 0 aromatic carbocycles. The molecule has 2 heterocycles. The number of sulfonamides is 1. The number of hydrogen-bond acceptors (Lipinski definition) is 4. The minimum absolute atomic E-state index is 0.0553. The molecule has 2 aliphatic heterocycles. The molecule has 3 atom stereocenters. The summed E-state index contributed by atoms with van der Waals surface area (Å²) in [7, 11) is -3.22. The zero-order valence-corrected chi connectivity index (χ0v) is 15.6. The highest BCUT2D eigenvalue weighted by molar-refractivity contribution is 7.89. The van der Waals surface area contributed by atoms with Crippen molar-refractivity contribution in [3.63, 3.8) is 0 Å². The lowest BCUT2D eigenvalue weighted by atomic mass is 9.84. The van der Waals surface area contributed by atoms with Crippen molar-refractivity contribution in [1.29, 1.82) is 0 Å². The van der Waals surface area contributed by atoms with Crippen molar-refractivity contribution in [2.75, 3.05) is 18.8 Å². The van der Waals surface area contributed by atoms with Gasteiger partial charge in [-0.2, -0.15) is 0 Å². The van der Waals surface area contributed by atoms with Gasteiger partial charge in [-0.3, -0.25) is 4.79 Å². The minimum Gasteiger partial charge on any atom is -0.480 e. The second-order valence-electron chi connectivity index (χ2n) is 7.52. The van der Waals surface area contributed by atoms with E-state index in [4.69, 9.17) is 0 Å². The summed E-state index contributed by atoms with van der Waals surface area (Å²) in [5.41, 5.74) is 0. The van der Waals surface area contributed by atoms with Crippen LogP contribution in [0.4, 0.5) is 0 Å². The smallest absolute Gasteiger partial charge is 0.326 e. The van der Waals surface area contributed by atoms with Crippen LogP contribution in [0.5, 0.6) is 0 Å². The van der Waals surface area contributed by atoms with E-state index in [1.807, 2.05) is 0 Å². The van der Waals surface area contributed by atoms with Crippen LogP contribution in [0, 0.1) is 11.8 Å². The number of aliphatic carboxylic acids is 1. The number of nitrogens with zero attached hydrogens (tertiary/aromatic N) is 2. The highest BCUT2D eigenvalue weighted by Gasteiger charge is 2.49. The van der Waals surface area contributed by atoms with Gasteiger partial charge >= 0.3 is 5.97 Å². The molecule has 3 unspecified atom stereocenters. The Morgan fingerprint density at radius 3 is 2.32 bits per heavy atom. The van der Waals surface area contributed by atoms with Crippen LogP contribution in [0.25, 0.3) is 0 Å². The van der Waals surface area contributed by atoms with Crippen LogP contribution < -0.4 is 0 Å². The summed E-state index contributed by atoms with van der Waals surface area (Å²) in [4.78, 5) is 26.4. The van der Waals surface area contributed by atoms with E-state index in [1.165, 1.54) is 4.31 Å². The molecule has 1 amide bonds. The largest absolute Gasteiger partial charge is 0.480 e. The second-order valence-corrected chi connectivity index (χ2v) is 9.78. The Bertz CT molecular complexity index is 627. The molecule has 2 saturated heterocycles. The summed E-state index contributed by atoms with van der Waals surface area (Å²) in [6, 6.07) is -0.655. The number of fused-ring (bicyclic) bond motifs is 1. The third-order valence-corrected chi connectivity index (χ3v) is 8.07. The minimum atomic E-state index is -3.22. The average molecular weight is 372 g/mol. The number of carboxylic acids is 1. The lowest BCUT2D eigenvalue weighted by Gasteiger charge is -2.37. The van der Waals surface area contributed by atoms with Gasteiger partial charge in [0.2, 0.25) is 15.9 Å². The summed E-state index contributed by atoms with van der Waals surface area (Å²) in [5.74, 6) is -0.864. The fourth-order valence-corrected chi connectivity index (χ4v) is 5.90. The summed E-state index contributed by atoms with van der Waals surface area (Å²) in [6.07, 6.45) is 5.59. The van der Waals surface area contributed by atoms with Crippen molar-refractivity contribution < 1.29 is 23.1 Å². The van der Waals surface area contributed by atoms with Gasteiger partial charge in [-0.1, -0.05) is 12.8 Å². The van der Waals surface area contributed by atoms with Crippen molar-refractivity contribution in [2.24, 2.45) is 11.8 Å². The third kappa shape index (κ3) is 3.56. The molecule has 7 nitrogen and oxygen atoms in total. The van der Waals surface area contributed by atoms with E-state index in [9.17, 15) is 23.1 Å². The van der Waals surface area contributed by atoms with Gasteiger partial charge in [0.05, 0.1) is 5.75 Å². The van der Waals surface area contributed by atoms with Crippen molar-refractivity contribution in [1.82, 2.24) is 9.21 Å². The van der Waals surface area contributed by atoms with Crippen LogP contribution in [0.1, 0.15) is 51.9 Å². The lowest BCUT2D eigenvalue weighted by Crippen LogP contribution is -2.51. The topological polar surface area (TPSA) is 95.0 Å². The molecule has 3 fully saturated rings. The SMILES string of the molecule is CCS(=O)(=O)N1CCC(C(=O)N2C(C(=O)O)CC3CCCCC32)CC1. The molecule has 142 valence electrons. The van der Waals surface area contributed by atoms with Crippen molar-refractivity contribution >= 4 is 21.9 Å². The monoisotopic (exact) mass is 372 g/mol. The number of rotatable bonds is 4. The number of hydrogen-bond donors (Lipinski definition) is 1. The molecule has 25 heavy (non-hydrogen) atoms. The first kappa shape index (κ1) is 18.6. The first-order valence-corrected chi connectivity index (χ1v) is 11.0. The lowest BCUT2D eigenvalue weighted by molar-refractivity contribution is -0.152. The van der Waals surface area contributed by atoms with Crippen LogP contribution in [0.15, 0.2) is 0 Å². The van der Waals surface area contributed by atoms with Crippen LogP contribution in [0.2, 0.25) is 0 Å². The predicted molar refractivity (Wildman–Crippen MR) is 92.4 cm³/mol. The Hall–Kier alpha value is -1.15. The van der Waals surface area contributed by atoms with Gasteiger partial charge in [0.1, 0.15) is 6.04 Å². The molecule has 8 heteroatoms. The van der Waals surface area contributed by atoms with E-state index in [0.717, 1.165) is 25.7 Å². The second kappa shape index (κ2) is 7.23. The number of carbonyl (C=O) groups excluding carboxylic acids is 1. The van der Waals surface area contributed by atoms with Crippen LogP contribution >= 0.6 is 0 Å². The Morgan fingerprint density at radius 1 is 1.08 bits per heavy atom. The molecule has 3 rings (SSSR count). The summed E-state index contributed by atoms with van der Waals surface area (Å²) in [6.45, 7) is 2.33. The van der Waals surface area contributed by atoms with E-state index in [-0.39, 0.29) is 23.6 Å². The quantitative estimate of drug-likeness (QED) is 0.802.